The highest BCUT2D eigenvalue weighted by Crippen LogP contribution is 2.42. The van der Waals surface area contributed by atoms with Crippen LogP contribution in [-0.4, -0.2) is 11.6 Å². The van der Waals surface area contributed by atoms with Crippen molar-refractivity contribution in [3.63, 3.8) is 0 Å². The Hall–Kier alpha value is -1.93. The van der Waals surface area contributed by atoms with E-state index in [-0.39, 0.29) is 0 Å². The molecule has 3 heteroatoms. The normalized spacial score (nSPS) is 20.3. The second-order valence-corrected chi connectivity index (χ2v) is 6.35. The molecule has 0 aromatic heterocycles. The van der Waals surface area contributed by atoms with E-state index in [0.29, 0.717) is 6.04 Å². The van der Waals surface area contributed by atoms with Crippen LogP contribution in [0.1, 0.15) is 30.9 Å². The first-order chi connectivity index (χ1) is 10.8. The van der Waals surface area contributed by atoms with E-state index in [0.717, 1.165) is 17.3 Å². The number of fused-ring (bicyclic) bond motifs is 1. The van der Waals surface area contributed by atoms with Gasteiger partial charge in [-0.3, -0.25) is 0 Å². The number of rotatable bonds is 2. The number of nitrogens with one attached hydrogen (secondary N) is 1. The van der Waals surface area contributed by atoms with Crippen LogP contribution in [0.15, 0.2) is 60.4 Å². The zero-order valence-electron chi connectivity index (χ0n) is 12.4. The van der Waals surface area contributed by atoms with E-state index in [2.05, 4.69) is 52.8 Å². The molecule has 1 saturated heterocycles. The first-order valence-corrected chi connectivity index (χ1v) is 8.25. The van der Waals surface area contributed by atoms with Crippen molar-refractivity contribution in [1.29, 1.82) is 0 Å². The third-order valence-corrected chi connectivity index (χ3v) is 5.00. The highest BCUT2D eigenvalue weighted by molar-refractivity contribution is 6.33. The second-order valence-electron chi connectivity index (χ2n) is 5.94. The molecule has 2 aromatic carbocycles. The van der Waals surface area contributed by atoms with Gasteiger partial charge in [0.15, 0.2) is 0 Å². The van der Waals surface area contributed by atoms with Gasteiger partial charge in [0.1, 0.15) is 0 Å². The average molecular weight is 311 g/mol. The Morgan fingerprint density at radius 3 is 2.64 bits per heavy atom. The topological polar surface area (TPSA) is 15.3 Å². The lowest BCUT2D eigenvalue weighted by atomic mass is 9.88. The minimum atomic E-state index is 0.433. The number of benzene rings is 2. The summed E-state index contributed by atoms with van der Waals surface area (Å²) in [5.74, 6) is 0. The lowest BCUT2D eigenvalue weighted by Gasteiger charge is -2.37. The summed E-state index contributed by atoms with van der Waals surface area (Å²) < 4.78 is 0. The van der Waals surface area contributed by atoms with Crippen molar-refractivity contribution in [1.82, 2.24) is 10.2 Å². The van der Waals surface area contributed by atoms with Crippen molar-refractivity contribution in [2.45, 2.75) is 25.3 Å². The van der Waals surface area contributed by atoms with Gasteiger partial charge in [0.05, 0.1) is 12.7 Å². The summed E-state index contributed by atoms with van der Waals surface area (Å²) in [6.45, 7) is 0.914. The molecule has 2 nitrogen and oxygen atoms in total. The molecule has 2 aromatic rings. The Morgan fingerprint density at radius 2 is 1.77 bits per heavy atom. The standard InChI is InChI=1S/C19H19ClN2/c20-18-10-4-3-8-16(18)15-7-1-2-9-17(15)19-11-5-6-14-12-21-13-22(14)19/h1-4,7-10,12,19,21H,5-6,11,13H2. The Bertz CT molecular complexity index is 723. The third kappa shape index (κ3) is 2.28. The fourth-order valence-electron chi connectivity index (χ4n) is 3.64. The molecule has 0 radical (unpaired) electrons. The molecule has 1 N–H and O–H groups in total. The lowest BCUT2D eigenvalue weighted by Crippen LogP contribution is -2.31. The molecule has 2 heterocycles. The Kier molecular flexibility index (Phi) is 3.55. The summed E-state index contributed by atoms with van der Waals surface area (Å²) in [4.78, 5) is 2.50. The van der Waals surface area contributed by atoms with Crippen LogP contribution in [0, 0.1) is 0 Å². The van der Waals surface area contributed by atoms with Crippen molar-refractivity contribution in [2.24, 2.45) is 0 Å². The van der Waals surface area contributed by atoms with E-state index in [1.165, 1.54) is 36.1 Å². The van der Waals surface area contributed by atoms with Crippen LogP contribution < -0.4 is 5.32 Å². The van der Waals surface area contributed by atoms with E-state index in [1.807, 2.05) is 12.1 Å². The molecule has 1 atom stereocenters. The summed E-state index contributed by atoms with van der Waals surface area (Å²) in [5, 5.41) is 4.19. The van der Waals surface area contributed by atoms with E-state index < -0.39 is 0 Å². The third-order valence-electron chi connectivity index (χ3n) is 4.67. The molecular formula is C19H19ClN2. The SMILES string of the molecule is Clc1ccccc1-c1ccccc1C1CCCC2=CNCN21. The van der Waals surface area contributed by atoms with Gasteiger partial charge in [0.2, 0.25) is 0 Å². The van der Waals surface area contributed by atoms with Gasteiger partial charge in [-0.05, 0) is 36.5 Å². The Balaban J connectivity index is 1.80. The number of nitrogens with zero attached hydrogens (tertiary/aromatic N) is 1. The van der Waals surface area contributed by atoms with E-state index in [9.17, 15) is 0 Å². The largest absolute Gasteiger partial charge is 0.372 e. The minimum Gasteiger partial charge on any atom is -0.372 e. The predicted molar refractivity (Wildman–Crippen MR) is 91.4 cm³/mol. The number of halogens is 1. The van der Waals surface area contributed by atoms with Crippen LogP contribution in [0.3, 0.4) is 0 Å². The van der Waals surface area contributed by atoms with Crippen molar-refractivity contribution < 1.29 is 0 Å². The molecule has 0 aliphatic carbocycles. The molecule has 22 heavy (non-hydrogen) atoms. The van der Waals surface area contributed by atoms with Crippen LogP contribution in [0.5, 0.6) is 0 Å². The zero-order valence-corrected chi connectivity index (χ0v) is 13.2. The van der Waals surface area contributed by atoms with Crippen LogP contribution >= 0.6 is 11.6 Å². The quantitative estimate of drug-likeness (QED) is 0.845. The van der Waals surface area contributed by atoms with Crippen molar-refractivity contribution in [2.75, 3.05) is 6.67 Å². The Morgan fingerprint density at radius 1 is 1.00 bits per heavy atom. The molecule has 1 unspecified atom stereocenters. The molecule has 4 rings (SSSR count). The second kappa shape index (κ2) is 5.69. The van der Waals surface area contributed by atoms with Gasteiger partial charge in [-0.25, -0.2) is 0 Å². The summed E-state index contributed by atoms with van der Waals surface area (Å²) >= 11 is 6.44. The molecule has 112 valence electrons. The first-order valence-electron chi connectivity index (χ1n) is 7.87. The molecule has 0 spiro atoms. The summed E-state index contributed by atoms with van der Waals surface area (Å²) in [7, 11) is 0. The van der Waals surface area contributed by atoms with Crippen LogP contribution in [0.25, 0.3) is 11.1 Å². The number of allylic oxidation sites excluding steroid dienone is 1. The maximum atomic E-state index is 6.44. The van der Waals surface area contributed by atoms with Crippen molar-refractivity contribution >= 4 is 11.6 Å². The number of hydrogen-bond donors (Lipinski definition) is 1. The van der Waals surface area contributed by atoms with Gasteiger partial charge in [0, 0.05) is 22.5 Å². The summed E-state index contributed by atoms with van der Waals surface area (Å²) in [6, 6.07) is 17.2. The lowest BCUT2D eigenvalue weighted by molar-refractivity contribution is 0.215. The van der Waals surface area contributed by atoms with Crippen LogP contribution in [-0.2, 0) is 0 Å². The first kappa shape index (κ1) is 13.7. The molecule has 2 aliphatic rings. The number of piperidine rings is 1. The minimum absolute atomic E-state index is 0.433. The van der Waals surface area contributed by atoms with Crippen molar-refractivity contribution in [3.8, 4) is 11.1 Å². The highest BCUT2D eigenvalue weighted by Gasteiger charge is 2.30. The molecule has 0 amide bonds. The predicted octanol–water partition coefficient (Wildman–Crippen LogP) is 4.94. The van der Waals surface area contributed by atoms with Gasteiger partial charge in [-0.15, -0.1) is 0 Å². The van der Waals surface area contributed by atoms with Gasteiger partial charge < -0.3 is 10.2 Å². The Labute approximate surface area is 136 Å². The molecular weight excluding hydrogens is 292 g/mol. The van der Waals surface area contributed by atoms with Gasteiger partial charge in [0.25, 0.3) is 0 Å². The fourth-order valence-corrected chi connectivity index (χ4v) is 3.88. The van der Waals surface area contributed by atoms with E-state index >= 15 is 0 Å². The van der Waals surface area contributed by atoms with Gasteiger partial charge >= 0.3 is 0 Å². The number of hydrogen-bond acceptors (Lipinski definition) is 2. The van der Waals surface area contributed by atoms with E-state index in [1.54, 1.807) is 0 Å². The van der Waals surface area contributed by atoms with E-state index in [4.69, 9.17) is 11.6 Å². The summed E-state index contributed by atoms with van der Waals surface area (Å²) in [6.07, 6.45) is 5.79. The maximum absolute atomic E-state index is 6.44. The smallest absolute Gasteiger partial charge is 0.0876 e. The molecule has 0 saturated carbocycles. The zero-order chi connectivity index (χ0) is 14.9. The van der Waals surface area contributed by atoms with Gasteiger partial charge in [-0.1, -0.05) is 54.1 Å². The van der Waals surface area contributed by atoms with Crippen LogP contribution in [0.2, 0.25) is 5.02 Å². The van der Waals surface area contributed by atoms with Crippen molar-refractivity contribution in [3.05, 3.63) is 71.0 Å². The maximum Gasteiger partial charge on any atom is 0.0876 e. The molecule has 2 aliphatic heterocycles. The fraction of sp³-hybridized carbons (Fsp3) is 0.263. The van der Waals surface area contributed by atoms with Gasteiger partial charge in [-0.2, -0.15) is 0 Å². The molecule has 1 fully saturated rings. The highest BCUT2D eigenvalue weighted by atomic mass is 35.5. The molecule has 0 bridgehead atoms. The summed E-state index contributed by atoms with van der Waals surface area (Å²) in [5.41, 5.74) is 5.20. The average Bonchev–Trinajstić information content (AvgIpc) is 3.04. The van der Waals surface area contributed by atoms with Crippen LogP contribution in [0.4, 0.5) is 0 Å². The monoisotopic (exact) mass is 310 g/mol.